The van der Waals surface area contributed by atoms with E-state index in [0.29, 0.717) is 6.61 Å². The minimum absolute atomic E-state index is 0.453. The van der Waals surface area contributed by atoms with Gasteiger partial charge in [0.05, 0.1) is 13.3 Å². The maximum atomic E-state index is 5.63. The van der Waals surface area contributed by atoms with Crippen LogP contribution in [-0.4, -0.2) is 12.1 Å². The van der Waals surface area contributed by atoms with E-state index in [9.17, 15) is 0 Å². The number of nitrogens with zero attached hydrogens (tertiary/aromatic N) is 1. The maximum absolute atomic E-state index is 5.63. The Hall–Kier alpha value is -1.55. The normalized spacial score (nSPS) is 10.0. The van der Waals surface area contributed by atoms with Crippen molar-refractivity contribution in [2.45, 2.75) is 6.61 Å². The van der Waals surface area contributed by atoms with Gasteiger partial charge in [-0.05, 0) is 30.3 Å². The van der Waals surface area contributed by atoms with Crippen LogP contribution < -0.4 is 9.47 Å². The Balaban J connectivity index is 2.11. The van der Waals surface area contributed by atoms with E-state index in [1.54, 1.807) is 19.5 Å². The van der Waals surface area contributed by atoms with Crippen LogP contribution in [-0.2, 0) is 6.61 Å². The van der Waals surface area contributed by atoms with Crippen LogP contribution in [0.2, 0.25) is 0 Å². The summed E-state index contributed by atoms with van der Waals surface area (Å²) in [4.78, 5) is 3.99. The largest absolute Gasteiger partial charge is 0.496 e. The molecule has 0 spiro atoms. The molecule has 2 aromatic rings. The monoisotopic (exact) mass is 293 g/mol. The highest BCUT2D eigenvalue weighted by Gasteiger charge is 2.04. The Morgan fingerprint density at radius 1 is 1.29 bits per heavy atom. The first kappa shape index (κ1) is 11.9. The Morgan fingerprint density at radius 2 is 2.18 bits per heavy atom. The minimum atomic E-state index is 0.453. The van der Waals surface area contributed by atoms with Gasteiger partial charge >= 0.3 is 0 Å². The number of pyridine rings is 1. The molecule has 0 N–H and O–H groups in total. The third kappa shape index (κ3) is 3.20. The summed E-state index contributed by atoms with van der Waals surface area (Å²) in [6.07, 6.45) is 3.40. The van der Waals surface area contributed by atoms with Gasteiger partial charge in [0, 0.05) is 16.2 Å². The lowest BCUT2D eigenvalue weighted by molar-refractivity contribution is 0.295. The van der Waals surface area contributed by atoms with Crippen molar-refractivity contribution in [2.24, 2.45) is 0 Å². The van der Waals surface area contributed by atoms with Crippen molar-refractivity contribution in [3.63, 3.8) is 0 Å². The van der Waals surface area contributed by atoms with Crippen LogP contribution in [0.5, 0.6) is 11.5 Å². The van der Waals surface area contributed by atoms with Gasteiger partial charge in [0.25, 0.3) is 0 Å². The van der Waals surface area contributed by atoms with E-state index in [4.69, 9.17) is 9.47 Å². The lowest BCUT2D eigenvalue weighted by Gasteiger charge is -2.10. The summed E-state index contributed by atoms with van der Waals surface area (Å²) in [6, 6.07) is 9.54. The summed E-state index contributed by atoms with van der Waals surface area (Å²) in [7, 11) is 1.65. The predicted octanol–water partition coefficient (Wildman–Crippen LogP) is 3.43. The van der Waals surface area contributed by atoms with Crippen LogP contribution in [0.15, 0.2) is 47.2 Å². The van der Waals surface area contributed by atoms with Crippen molar-refractivity contribution >= 4 is 15.9 Å². The quantitative estimate of drug-likeness (QED) is 0.865. The summed E-state index contributed by atoms with van der Waals surface area (Å²) >= 11 is 3.43. The topological polar surface area (TPSA) is 31.4 Å². The molecule has 0 bridgehead atoms. The molecular formula is C13H12BrNO2. The molecular weight excluding hydrogens is 282 g/mol. The first-order valence-electron chi connectivity index (χ1n) is 5.15. The molecule has 4 heteroatoms. The summed E-state index contributed by atoms with van der Waals surface area (Å²) in [5, 5.41) is 0. The predicted molar refractivity (Wildman–Crippen MR) is 69.3 cm³/mol. The zero-order valence-electron chi connectivity index (χ0n) is 9.39. The van der Waals surface area contributed by atoms with Gasteiger partial charge in [-0.1, -0.05) is 15.9 Å². The van der Waals surface area contributed by atoms with Crippen molar-refractivity contribution in [1.29, 1.82) is 0 Å². The van der Waals surface area contributed by atoms with Crippen molar-refractivity contribution in [1.82, 2.24) is 4.98 Å². The van der Waals surface area contributed by atoms with Crippen LogP contribution in [0, 0.1) is 0 Å². The molecule has 0 saturated heterocycles. The fourth-order valence-corrected chi connectivity index (χ4v) is 1.86. The summed E-state index contributed by atoms with van der Waals surface area (Å²) < 4.78 is 11.9. The molecule has 1 heterocycles. The first-order chi connectivity index (χ1) is 8.29. The van der Waals surface area contributed by atoms with Gasteiger partial charge in [0.1, 0.15) is 18.1 Å². The second-order valence-corrected chi connectivity index (χ2v) is 4.35. The zero-order valence-corrected chi connectivity index (χ0v) is 11.0. The highest BCUT2D eigenvalue weighted by Crippen LogP contribution is 2.24. The fourth-order valence-electron chi connectivity index (χ4n) is 1.45. The number of hydrogen-bond acceptors (Lipinski definition) is 3. The van der Waals surface area contributed by atoms with Crippen molar-refractivity contribution in [3.8, 4) is 11.5 Å². The smallest absolute Gasteiger partial charge is 0.138 e. The average molecular weight is 294 g/mol. The molecule has 1 aromatic heterocycles. The first-order valence-corrected chi connectivity index (χ1v) is 5.94. The van der Waals surface area contributed by atoms with Crippen LogP contribution >= 0.6 is 15.9 Å². The summed E-state index contributed by atoms with van der Waals surface area (Å²) in [5.74, 6) is 1.56. The van der Waals surface area contributed by atoms with Gasteiger partial charge < -0.3 is 9.47 Å². The molecule has 0 aliphatic carbocycles. The van der Waals surface area contributed by atoms with E-state index < -0.39 is 0 Å². The highest BCUT2D eigenvalue weighted by molar-refractivity contribution is 9.10. The average Bonchev–Trinajstić information content (AvgIpc) is 2.38. The summed E-state index contributed by atoms with van der Waals surface area (Å²) in [6.45, 7) is 0.453. The molecule has 2 rings (SSSR count). The van der Waals surface area contributed by atoms with Crippen molar-refractivity contribution in [3.05, 3.63) is 52.8 Å². The number of rotatable bonds is 4. The Morgan fingerprint density at radius 3 is 2.88 bits per heavy atom. The molecule has 0 fully saturated rings. The van der Waals surface area contributed by atoms with Gasteiger partial charge in [0.2, 0.25) is 0 Å². The molecule has 0 aliphatic heterocycles. The molecule has 17 heavy (non-hydrogen) atoms. The lowest BCUT2D eigenvalue weighted by Crippen LogP contribution is -1.98. The van der Waals surface area contributed by atoms with Crippen LogP contribution in [0.25, 0.3) is 0 Å². The van der Waals surface area contributed by atoms with Gasteiger partial charge in [-0.25, -0.2) is 0 Å². The number of methoxy groups -OCH3 is 1. The number of ether oxygens (including phenoxy) is 2. The molecule has 0 aliphatic rings. The van der Waals surface area contributed by atoms with E-state index >= 15 is 0 Å². The van der Waals surface area contributed by atoms with Crippen molar-refractivity contribution in [2.75, 3.05) is 7.11 Å². The van der Waals surface area contributed by atoms with Crippen LogP contribution in [0.4, 0.5) is 0 Å². The van der Waals surface area contributed by atoms with Gasteiger partial charge in [-0.15, -0.1) is 0 Å². The van der Waals surface area contributed by atoms with Crippen LogP contribution in [0.1, 0.15) is 5.56 Å². The Kier molecular flexibility index (Phi) is 3.98. The molecule has 1 aromatic carbocycles. The van der Waals surface area contributed by atoms with E-state index in [1.807, 2.05) is 30.3 Å². The third-order valence-corrected chi connectivity index (χ3v) is 2.76. The molecule has 0 saturated carbocycles. The third-order valence-electron chi connectivity index (χ3n) is 2.27. The standard InChI is InChI=1S/C13H12BrNO2/c1-16-13-5-4-11(14)7-10(13)9-17-12-3-2-6-15-8-12/h2-8H,9H2,1H3. The number of aromatic nitrogens is 1. The van der Waals surface area contributed by atoms with Gasteiger partial charge in [-0.3, -0.25) is 4.98 Å². The Bertz CT molecular complexity index is 488. The van der Waals surface area contributed by atoms with E-state index in [1.165, 1.54) is 0 Å². The van der Waals surface area contributed by atoms with E-state index in [-0.39, 0.29) is 0 Å². The number of halogens is 1. The Labute approximate surface area is 109 Å². The summed E-state index contributed by atoms with van der Waals surface area (Å²) in [5.41, 5.74) is 0.991. The molecule has 88 valence electrons. The van der Waals surface area contributed by atoms with E-state index in [2.05, 4.69) is 20.9 Å². The lowest BCUT2D eigenvalue weighted by atomic mass is 10.2. The van der Waals surface area contributed by atoms with E-state index in [0.717, 1.165) is 21.5 Å². The van der Waals surface area contributed by atoms with Crippen LogP contribution in [0.3, 0.4) is 0 Å². The second-order valence-electron chi connectivity index (χ2n) is 3.43. The number of benzene rings is 1. The molecule has 0 atom stereocenters. The molecule has 0 radical (unpaired) electrons. The van der Waals surface area contributed by atoms with Crippen molar-refractivity contribution < 1.29 is 9.47 Å². The second kappa shape index (κ2) is 5.68. The van der Waals surface area contributed by atoms with Gasteiger partial charge in [-0.2, -0.15) is 0 Å². The molecule has 0 unspecified atom stereocenters. The fraction of sp³-hybridized carbons (Fsp3) is 0.154. The number of hydrogen-bond donors (Lipinski definition) is 0. The van der Waals surface area contributed by atoms with Gasteiger partial charge in [0.15, 0.2) is 0 Å². The maximum Gasteiger partial charge on any atom is 0.138 e. The minimum Gasteiger partial charge on any atom is -0.496 e. The molecule has 3 nitrogen and oxygen atoms in total. The zero-order chi connectivity index (χ0) is 12.1. The highest BCUT2D eigenvalue weighted by atomic mass is 79.9. The SMILES string of the molecule is COc1ccc(Br)cc1COc1cccnc1. The molecule has 0 amide bonds.